The van der Waals surface area contributed by atoms with E-state index in [-0.39, 0.29) is 24.7 Å². The van der Waals surface area contributed by atoms with Crippen LogP contribution in [0.25, 0.3) is 0 Å². The Hall–Kier alpha value is -0.420. The van der Waals surface area contributed by atoms with E-state index in [1.165, 1.54) is 12.8 Å². The summed E-state index contributed by atoms with van der Waals surface area (Å²) in [7, 11) is 0. The van der Waals surface area contributed by atoms with Gasteiger partial charge in [-0.2, -0.15) is 11.8 Å². The van der Waals surface area contributed by atoms with E-state index < -0.39 is 0 Å². The van der Waals surface area contributed by atoms with E-state index in [9.17, 15) is 4.79 Å². The Kier molecular flexibility index (Phi) is 5.98. The number of carbonyl (C=O) groups excluding carboxylic acids is 1. The second-order valence-corrected chi connectivity index (χ2v) is 5.29. The molecule has 0 aromatic heterocycles. The third kappa shape index (κ3) is 3.87. The number of aliphatic hydroxyl groups is 1. The Labute approximate surface area is 102 Å². The summed E-state index contributed by atoms with van der Waals surface area (Å²) in [5.74, 6) is 0. The predicted octanol–water partition coefficient (Wildman–Crippen LogP) is 1.34. The van der Waals surface area contributed by atoms with Crippen molar-refractivity contribution in [2.45, 2.75) is 49.9 Å². The highest BCUT2D eigenvalue weighted by Crippen LogP contribution is 2.28. The average molecular weight is 246 g/mol. The van der Waals surface area contributed by atoms with Crippen LogP contribution in [0.15, 0.2) is 0 Å². The van der Waals surface area contributed by atoms with E-state index in [4.69, 9.17) is 5.11 Å². The number of urea groups is 1. The minimum Gasteiger partial charge on any atom is -0.394 e. The number of hydrogen-bond donors (Lipinski definition) is 3. The van der Waals surface area contributed by atoms with Gasteiger partial charge in [0.25, 0.3) is 0 Å². The first-order valence-corrected chi connectivity index (χ1v) is 7.20. The predicted molar refractivity (Wildman–Crippen MR) is 67.8 cm³/mol. The molecule has 1 saturated carbocycles. The van der Waals surface area contributed by atoms with Gasteiger partial charge in [-0.1, -0.05) is 13.3 Å². The number of amides is 2. The minimum absolute atomic E-state index is 0.000539. The number of aliphatic hydroxyl groups excluding tert-OH is 1. The Morgan fingerprint density at radius 2 is 2.31 bits per heavy atom. The monoisotopic (exact) mass is 246 g/mol. The van der Waals surface area contributed by atoms with Crippen molar-refractivity contribution in [1.82, 2.24) is 10.6 Å². The van der Waals surface area contributed by atoms with Crippen LogP contribution < -0.4 is 10.6 Å². The summed E-state index contributed by atoms with van der Waals surface area (Å²) in [6.45, 7) is 1.95. The standard InChI is InChI=1S/C11H22N2O2S/c1-3-8(7-14)12-11(15)13-9-5-4-6-10(9)16-2/h8-10,14H,3-7H2,1-2H3,(H2,12,13,15)/t8-,9+,10-/m1/s1. The molecule has 4 nitrogen and oxygen atoms in total. The van der Waals surface area contributed by atoms with Gasteiger partial charge in [-0.25, -0.2) is 4.79 Å². The number of thioether (sulfide) groups is 1. The number of hydrogen-bond acceptors (Lipinski definition) is 3. The van der Waals surface area contributed by atoms with Crippen LogP contribution in [0, 0.1) is 0 Å². The molecule has 0 aromatic carbocycles. The largest absolute Gasteiger partial charge is 0.394 e. The third-order valence-electron chi connectivity index (χ3n) is 3.12. The van der Waals surface area contributed by atoms with Gasteiger partial charge >= 0.3 is 6.03 Å². The van der Waals surface area contributed by atoms with Crippen LogP contribution in [-0.2, 0) is 0 Å². The summed E-state index contributed by atoms with van der Waals surface area (Å²) >= 11 is 1.82. The molecule has 1 rings (SSSR count). The fraction of sp³-hybridized carbons (Fsp3) is 0.909. The molecule has 0 saturated heterocycles. The van der Waals surface area contributed by atoms with E-state index >= 15 is 0 Å². The molecule has 94 valence electrons. The molecular weight excluding hydrogens is 224 g/mol. The van der Waals surface area contributed by atoms with E-state index in [1.54, 1.807) is 0 Å². The highest BCUT2D eigenvalue weighted by Gasteiger charge is 2.27. The summed E-state index contributed by atoms with van der Waals surface area (Å²) in [6, 6.07) is 0.00665. The zero-order valence-corrected chi connectivity index (χ0v) is 10.8. The fourth-order valence-electron chi connectivity index (χ4n) is 2.05. The SMILES string of the molecule is CC[C@H](CO)NC(=O)N[C@H]1CCC[C@H]1SC. The highest BCUT2D eigenvalue weighted by atomic mass is 32.2. The lowest BCUT2D eigenvalue weighted by Gasteiger charge is -2.21. The van der Waals surface area contributed by atoms with Gasteiger partial charge in [0.15, 0.2) is 0 Å². The third-order valence-corrected chi connectivity index (χ3v) is 4.29. The summed E-state index contributed by atoms with van der Waals surface area (Å²) in [4.78, 5) is 11.6. The molecule has 5 heteroatoms. The zero-order chi connectivity index (χ0) is 12.0. The molecule has 1 aliphatic carbocycles. The van der Waals surface area contributed by atoms with Crippen molar-refractivity contribution in [1.29, 1.82) is 0 Å². The maximum absolute atomic E-state index is 11.6. The average Bonchev–Trinajstić information content (AvgIpc) is 2.73. The molecular formula is C11H22N2O2S. The van der Waals surface area contributed by atoms with Gasteiger partial charge in [0.2, 0.25) is 0 Å². The van der Waals surface area contributed by atoms with E-state index in [1.807, 2.05) is 18.7 Å². The maximum atomic E-state index is 11.6. The van der Waals surface area contributed by atoms with Gasteiger partial charge in [-0.3, -0.25) is 0 Å². The number of nitrogens with one attached hydrogen (secondary N) is 2. The lowest BCUT2D eigenvalue weighted by molar-refractivity contribution is 0.212. The highest BCUT2D eigenvalue weighted by molar-refractivity contribution is 7.99. The van der Waals surface area contributed by atoms with Crippen molar-refractivity contribution in [2.24, 2.45) is 0 Å². The van der Waals surface area contributed by atoms with Crippen LogP contribution in [0.5, 0.6) is 0 Å². The molecule has 0 radical (unpaired) electrons. The molecule has 0 bridgehead atoms. The van der Waals surface area contributed by atoms with Gasteiger partial charge in [0, 0.05) is 11.3 Å². The van der Waals surface area contributed by atoms with Gasteiger partial charge in [-0.05, 0) is 25.5 Å². The molecule has 0 spiro atoms. The van der Waals surface area contributed by atoms with E-state index in [0.29, 0.717) is 5.25 Å². The van der Waals surface area contributed by atoms with Crippen LogP contribution in [0.4, 0.5) is 4.79 Å². The quantitative estimate of drug-likeness (QED) is 0.686. The summed E-state index contributed by atoms with van der Waals surface area (Å²) in [5, 5.41) is 15.3. The van der Waals surface area contributed by atoms with E-state index in [2.05, 4.69) is 16.9 Å². The summed E-state index contributed by atoms with van der Waals surface area (Å²) in [5.41, 5.74) is 0. The molecule has 2 amide bonds. The first-order valence-electron chi connectivity index (χ1n) is 5.92. The smallest absolute Gasteiger partial charge is 0.315 e. The van der Waals surface area contributed by atoms with Crippen molar-refractivity contribution in [3.63, 3.8) is 0 Å². The summed E-state index contributed by atoms with van der Waals surface area (Å²) in [6.07, 6.45) is 6.28. The molecule has 1 fully saturated rings. The number of rotatable bonds is 5. The molecule has 3 N–H and O–H groups in total. The van der Waals surface area contributed by atoms with Gasteiger partial charge in [-0.15, -0.1) is 0 Å². The Morgan fingerprint density at radius 3 is 2.88 bits per heavy atom. The lowest BCUT2D eigenvalue weighted by atomic mass is 10.2. The van der Waals surface area contributed by atoms with Crippen molar-refractivity contribution in [2.75, 3.05) is 12.9 Å². The van der Waals surface area contributed by atoms with Crippen molar-refractivity contribution >= 4 is 17.8 Å². The second-order valence-electron chi connectivity index (χ2n) is 4.22. The first-order chi connectivity index (χ1) is 7.71. The van der Waals surface area contributed by atoms with Gasteiger partial charge in [0.1, 0.15) is 0 Å². The molecule has 0 aromatic rings. The first kappa shape index (κ1) is 13.6. The maximum Gasteiger partial charge on any atom is 0.315 e. The molecule has 1 aliphatic rings. The normalized spacial score (nSPS) is 26.4. The minimum atomic E-state index is -0.146. The Bertz CT molecular complexity index is 222. The van der Waals surface area contributed by atoms with Crippen LogP contribution in [-0.4, -0.2) is 41.3 Å². The van der Waals surface area contributed by atoms with Crippen LogP contribution in [0.3, 0.4) is 0 Å². The van der Waals surface area contributed by atoms with Crippen LogP contribution in [0.1, 0.15) is 32.6 Å². The van der Waals surface area contributed by atoms with Crippen molar-refractivity contribution < 1.29 is 9.90 Å². The topological polar surface area (TPSA) is 61.4 Å². The molecule has 0 aliphatic heterocycles. The van der Waals surface area contributed by atoms with E-state index in [0.717, 1.165) is 12.8 Å². The number of carbonyl (C=O) groups is 1. The molecule has 0 unspecified atom stereocenters. The Balaban J connectivity index is 2.33. The van der Waals surface area contributed by atoms with Crippen molar-refractivity contribution in [3.05, 3.63) is 0 Å². The van der Waals surface area contributed by atoms with Crippen molar-refractivity contribution in [3.8, 4) is 0 Å². The fourth-order valence-corrected chi connectivity index (χ4v) is 2.98. The lowest BCUT2D eigenvalue weighted by Crippen LogP contribution is -2.48. The van der Waals surface area contributed by atoms with Crippen LogP contribution in [0.2, 0.25) is 0 Å². The zero-order valence-electron chi connectivity index (χ0n) is 10.0. The molecule has 3 atom stereocenters. The Morgan fingerprint density at radius 1 is 1.56 bits per heavy atom. The second kappa shape index (κ2) is 7.01. The summed E-state index contributed by atoms with van der Waals surface area (Å²) < 4.78 is 0. The van der Waals surface area contributed by atoms with Gasteiger partial charge in [0.05, 0.1) is 12.6 Å². The van der Waals surface area contributed by atoms with Crippen LogP contribution >= 0.6 is 11.8 Å². The van der Waals surface area contributed by atoms with Gasteiger partial charge < -0.3 is 15.7 Å². The molecule has 0 heterocycles. The molecule has 16 heavy (non-hydrogen) atoms.